The highest BCUT2D eigenvalue weighted by molar-refractivity contribution is 5.76. The maximum atomic E-state index is 12.2. The van der Waals surface area contributed by atoms with Crippen LogP contribution < -0.4 is 5.32 Å². The summed E-state index contributed by atoms with van der Waals surface area (Å²) in [4.78, 5) is 14.3. The number of carbonyl (C=O) groups is 1. The third kappa shape index (κ3) is 4.79. The summed E-state index contributed by atoms with van der Waals surface area (Å²) in [7, 11) is 0. The molecule has 19 heavy (non-hydrogen) atoms. The third-order valence-corrected chi connectivity index (χ3v) is 4.62. The number of amides is 1. The van der Waals surface area contributed by atoms with Crippen molar-refractivity contribution in [1.82, 2.24) is 10.2 Å². The van der Waals surface area contributed by atoms with Crippen LogP contribution in [0, 0.1) is 0 Å². The van der Waals surface area contributed by atoms with Crippen molar-refractivity contribution in [2.24, 2.45) is 0 Å². The quantitative estimate of drug-likeness (QED) is 0.718. The molecule has 2 fully saturated rings. The molecule has 2 heterocycles. The topological polar surface area (TPSA) is 32.3 Å². The van der Waals surface area contributed by atoms with Crippen LogP contribution in [0.3, 0.4) is 0 Å². The Labute approximate surface area is 118 Å². The molecule has 110 valence electrons. The van der Waals surface area contributed by atoms with Crippen LogP contribution >= 0.6 is 0 Å². The normalized spacial score (nSPS) is 26.5. The van der Waals surface area contributed by atoms with E-state index in [2.05, 4.69) is 17.1 Å². The number of unbranched alkanes of at least 4 members (excludes halogenated alkanes) is 5. The van der Waals surface area contributed by atoms with Crippen molar-refractivity contribution < 1.29 is 4.79 Å². The van der Waals surface area contributed by atoms with E-state index in [1.54, 1.807) is 0 Å². The minimum Gasteiger partial charge on any atom is -0.341 e. The first kappa shape index (κ1) is 14.8. The molecule has 2 unspecified atom stereocenters. The molecule has 0 aromatic heterocycles. The van der Waals surface area contributed by atoms with Gasteiger partial charge in [0, 0.05) is 31.6 Å². The van der Waals surface area contributed by atoms with Gasteiger partial charge in [-0.3, -0.25) is 4.79 Å². The van der Waals surface area contributed by atoms with Gasteiger partial charge in [0.1, 0.15) is 0 Å². The van der Waals surface area contributed by atoms with Crippen LogP contribution in [0.5, 0.6) is 0 Å². The molecule has 2 bridgehead atoms. The summed E-state index contributed by atoms with van der Waals surface area (Å²) < 4.78 is 0. The summed E-state index contributed by atoms with van der Waals surface area (Å²) >= 11 is 0. The average molecular weight is 266 g/mol. The van der Waals surface area contributed by atoms with Gasteiger partial charge in [-0.05, 0) is 25.7 Å². The standard InChI is InChI=1S/C16H30N2O/c1-2-3-4-5-6-7-8-16(19)18-12-11-14-9-10-15(13-18)17-14/h14-15,17H,2-13H2,1H3. The van der Waals surface area contributed by atoms with E-state index in [4.69, 9.17) is 0 Å². The first-order valence-electron chi connectivity index (χ1n) is 8.33. The minimum absolute atomic E-state index is 0.393. The van der Waals surface area contributed by atoms with E-state index in [1.807, 2.05) is 0 Å². The Bertz CT molecular complexity index is 280. The fourth-order valence-electron chi connectivity index (χ4n) is 3.38. The van der Waals surface area contributed by atoms with Gasteiger partial charge in [0.2, 0.25) is 5.91 Å². The summed E-state index contributed by atoms with van der Waals surface area (Å²) in [6.45, 7) is 4.17. The van der Waals surface area contributed by atoms with Crippen LogP contribution in [0.1, 0.15) is 71.1 Å². The fraction of sp³-hybridized carbons (Fsp3) is 0.938. The van der Waals surface area contributed by atoms with E-state index < -0.39 is 0 Å². The van der Waals surface area contributed by atoms with Gasteiger partial charge in [0.25, 0.3) is 0 Å². The van der Waals surface area contributed by atoms with E-state index in [9.17, 15) is 4.79 Å². The molecular formula is C16H30N2O. The molecule has 0 saturated carbocycles. The molecule has 0 radical (unpaired) electrons. The van der Waals surface area contributed by atoms with E-state index in [-0.39, 0.29) is 0 Å². The molecule has 0 spiro atoms. The van der Waals surface area contributed by atoms with Crippen molar-refractivity contribution in [2.75, 3.05) is 13.1 Å². The lowest BCUT2D eigenvalue weighted by Crippen LogP contribution is -2.38. The molecule has 3 nitrogen and oxygen atoms in total. The predicted octanol–water partition coefficient (Wildman–Crippen LogP) is 3.09. The molecule has 1 N–H and O–H groups in total. The molecule has 0 aliphatic carbocycles. The Morgan fingerprint density at radius 1 is 1.05 bits per heavy atom. The summed E-state index contributed by atoms with van der Waals surface area (Å²) in [5.74, 6) is 0.393. The zero-order valence-electron chi connectivity index (χ0n) is 12.5. The molecular weight excluding hydrogens is 236 g/mol. The molecule has 2 aliphatic rings. The van der Waals surface area contributed by atoms with Crippen molar-refractivity contribution >= 4 is 5.91 Å². The van der Waals surface area contributed by atoms with E-state index in [0.717, 1.165) is 32.4 Å². The zero-order chi connectivity index (χ0) is 13.5. The van der Waals surface area contributed by atoms with Crippen molar-refractivity contribution in [1.29, 1.82) is 0 Å². The van der Waals surface area contributed by atoms with Gasteiger partial charge in [0.15, 0.2) is 0 Å². The lowest BCUT2D eigenvalue weighted by Gasteiger charge is -2.24. The lowest BCUT2D eigenvalue weighted by molar-refractivity contribution is -0.131. The van der Waals surface area contributed by atoms with Crippen molar-refractivity contribution in [3.05, 3.63) is 0 Å². The second-order valence-corrected chi connectivity index (χ2v) is 6.28. The van der Waals surface area contributed by atoms with Gasteiger partial charge in [-0.15, -0.1) is 0 Å². The third-order valence-electron chi connectivity index (χ3n) is 4.62. The zero-order valence-corrected chi connectivity index (χ0v) is 12.5. The Kier molecular flexibility index (Phi) is 6.15. The molecule has 0 aromatic carbocycles. The first-order chi connectivity index (χ1) is 9.29. The largest absolute Gasteiger partial charge is 0.341 e. The van der Waals surface area contributed by atoms with Crippen molar-refractivity contribution in [2.45, 2.75) is 83.2 Å². The monoisotopic (exact) mass is 266 g/mol. The first-order valence-corrected chi connectivity index (χ1v) is 8.33. The van der Waals surface area contributed by atoms with E-state index in [0.29, 0.717) is 18.0 Å². The van der Waals surface area contributed by atoms with Crippen LogP contribution in [0.4, 0.5) is 0 Å². The fourth-order valence-corrected chi connectivity index (χ4v) is 3.38. The molecule has 3 heteroatoms. The van der Waals surface area contributed by atoms with Gasteiger partial charge < -0.3 is 10.2 Å². The minimum atomic E-state index is 0.393. The Morgan fingerprint density at radius 2 is 1.79 bits per heavy atom. The number of nitrogens with one attached hydrogen (secondary N) is 1. The highest BCUT2D eigenvalue weighted by Gasteiger charge is 2.30. The smallest absolute Gasteiger partial charge is 0.222 e. The van der Waals surface area contributed by atoms with Crippen molar-refractivity contribution in [3.63, 3.8) is 0 Å². The van der Waals surface area contributed by atoms with Crippen LogP contribution in [-0.4, -0.2) is 36.0 Å². The summed E-state index contributed by atoms with van der Waals surface area (Å²) in [6.07, 6.45) is 12.1. The van der Waals surface area contributed by atoms with Gasteiger partial charge in [-0.25, -0.2) is 0 Å². The molecule has 1 amide bonds. The van der Waals surface area contributed by atoms with Gasteiger partial charge in [-0.1, -0.05) is 39.0 Å². The highest BCUT2D eigenvalue weighted by Crippen LogP contribution is 2.21. The van der Waals surface area contributed by atoms with E-state index >= 15 is 0 Å². The maximum absolute atomic E-state index is 12.2. The Balaban J connectivity index is 1.60. The second kappa shape index (κ2) is 7.88. The molecule has 2 atom stereocenters. The number of hydrogen-bond acceptors (Lipinski definition) is 2. The van der Waals surface area contributed by atoms with Crippen LogP contribution in [0.15, 0.2) is 0 Å². The Morgan fingerprint density at radius 3 is 2.63 bits per heavy atom. The average Bonchev–Trinajstić information content (AvgIpc) is 2.73. The molecule has 2 aliphatic heterocycles. The SMILES string of the molecule is CCCCCCCCC(=O)N1CCC2CCC(C1)N2. The summed E-state index contributed by atoms with van der Waals surface area (Å²) in [6, 6.07) is 1.25. The van der Waals surface area contributed by atoms with E-state index in [1.165, 1.54) is 44.9 Å². The lowest BCUT2D eigenvalue weighted by atomic mass is 10.1. The number of carbonyl (C=O) groups excluding carboxylic acids is 1. The summed E-state index contributed by atoms with van der Waals surface area (Å²) in [5.41, 5.74) is 0. The van der Waals surface area contributed by atoms with Gasteiger partial charge in [-0.2, -0.15) is 0 Å². The maximum Gasteiger partial charge on any atom is 0.222 e. The molecule has 0 aromatic rings. The number of rotatable bonds is 7. The second-order valence-electron chi connectivity index (χ2n) is 6.28. The Hall–Kier alpha value is -0.570. The van der Waals surface area contributed by atoms with Crippen molar-refractivity contribution in [3.8, 4) is 0 Å². The highest BCUT2D eigenvalue weighted by atomic mass is 16.2. The molecule has 2 rings (SSSR count). The number of nitrogens with zero attached hydrogens (tertiary/aromatic N) is 1. The predicted molar refractivity (Wildman–Crippen MR) is 79.1 cm³/mol. The van der Waals surface area contributed by atoms with Crippen LogP contribution in [0.2, 0.25) is 0 Å². The van der Waals surface area contributed by atoms with Crippen LogP contribution in [0.25, 0.3) is 0 Å². The number of hydrogen-bond donors (Lipinski definition) is 1. The number of likely N-dealkylation sites (tertiary alicyclic amines) is 1. The molecule has 2 saturated heterocycles. The van der Waals surface area contributed by atoms with Gasteiger partial charge >= 0.3 is 0 Å². The summed E-state index contributed by atoms with van der Waals surface area (Å²) in [5, 5.41) is 3.63. The number of fused-ring (bicyclic) bond motifs is 2. The van der Waals surface area contributed by atoms with Gasteiger partial charge in [0.05, 0.1) is 0 Å². The van der Waals surface area contributed by atoms with Crippen LogP contribution in [-0.2, 0) is 4.79 Å².